The molecule has 6 nitrogen and oxygen atoms in total. The van der Waals surface area contributed by atoms with Gasteiger partial charge < -0.3 is 0 Å². The van der Waals surface area contributed by atoms with Crippen molar-refractivity contribution < 1.29 is 10.1 Å². The third-order valence-electron chi connectivity index (χ3n) is 0.408. The van der Waals surface area contributed by atoms with Crippen molar-refractivity contribution in [2.24, 2.45) is 0 Å². The summed E-state index contributed by atoms with van der Waals surface area (Å²) in [6, 6.07) is -0.181. The Labute approximate surface area is 38.0 Å². The van der Waals surface area contributed by atoms with Crippen molar-refractivity contribution in [3.63, 3.8) is 0 Å². The first-order valence-electron chi connectivity index (χ1n) is 1.48. The van der Waals surface area contributed by atoms with E-state index in [-0.39, 0.29) is 6.01 Å². The lowest BCUT2D eigenvalue weighted by molar-refractivity contribution is -0.145. The second-order valence-electron chi connectivity index (χ2n) is 0.786. The zero-order chi connectivity index (χ0) is 5.11. The summed E-state index contributed by atoms with van der Waals surface area (Å²) in [5.74, 6) is 0. The van der Waals surface area contributed by atoms with Gasteiger partial charge in [-0.3, -0.25) is 4.89 Å². The molecule has 0 atom stereocenters. The molecule has 1 rings (SSSR count). The van der Waals surface area contributed by atoms with Crippen molar-refractivity contribution >= 4 is 0 Å². The summed E-state index contributed by atoms with van der Waals surface area (Å²) < 4.78 is 0. The van der Waals surface area contributed by atoms with Crippen LogP contribution in [0.4, 0.5) is 0 Å². The van der Waals surface area contributed by atoms with Crippen LogP contribution < -0.4 is 4.89 Å². The standard InChI is InChI=1S/CH2N4O2/c6-7-1-2-4-5-3-1/h6H,(H,2,3,4,5). The number of aromatic amines is 1. The molecule has 1 aromatic rings. The summed E-state index contributed by atoms with van der Waals surface area (Å²) in [6.07, 6.45) is 0. The Morgan fingerprint density at radius 2 is 2.57 bits per heavy atom. The Kier molecular flexibility index (Phi) is 0.868. The Morgan fingerprint density at radius 1 is 1.71 bits per heavy atom. The van der Waals surface area contributed by atoms with Gasteiger partial charge in [0.2, 0.25) is 0 Å². The fraction of sp³-hybridized carbons (Fsp3) is 0. The lowest BCUT2D eigenvalue weighted by Gasteiger charge is -1.76. The Morgan fingerprint density at radius 3 is 2.86 bits per heavy atom. The molecule has 6 heteroatoms. The molecule has 0 fully saturated rings. The minimum atomic E-state index is -0.181. The van der Waals surface area contributed by atoms with Gasteiger partial charge >= 0.3 is 6.01 Å². The van der Waals surface area contributed by atoms with E-state index in [2.05, 4.69) is 25.5 Å². The van der Waals surface area contributed by atoms with Gasteiger partial charge in [0.05, 0.1) is 0 Å². The molecule has 38 valence electrons. The Bertz CT molecular complexity index is 124. The van der Waals surface area contributed by atoms with Crippen LogP contribution in [0.25, 0.3) is 0 Å². The minimum absolute atomic E-state index is 0.181. The van der Waals surface area contributed by atoms with Gasteiger partial charge in [0, 0.05) is 0 Å². The van der Waals surface area contributed by atoms with Crippen molar-refractivity contribution in [1.29, 1.82) is 0 Å². The molecule has 1 aromatic heterocycles. The normalized spacial score (nSPS) is 8.71. The Hall–Kier alpha value is -1.17. The van der Waals surface area contributed by atoms with Gasteiger partial charge in [0.25, 0.3) is 0 Å². The van der Waals surface area contributed by atoms with Crippen LogP contribution in [-0.4, -0.2) is 25.9 Å². The monoisotopic (exact) mass is 102 g/mol. The van der Waals surface area contributed by atoms with E-state index in [9.17, 15) is 0 Å². The summed E-state index contributed by atoms with van der Waals surface area (Å²) in [6.45, 7) is 0. The maximum absolute atomic E-state index is 7.74. The van der Waals surface area contributed by atoms with Crippen LogP contribution in [0, 0.1) is 0 Å². The molecule has 0 aliphatic carbocycles. The molecule has 0 aliphatic rings. The van der Waals surface area contributed by atoms with E-state index in [0.29, 0.717) is 0 Å². The van der Waals surface area contributed by atoms with Gasteiger partial charge in [-0.1, -0.05) is 10.2 Å². The van der Waals surface area contributed by atoms with Crippen molar-refractivity contribution in [2.45, 2.75) is 0 Å². The fourth-order valence-electron chi connectivity index (χ4n) is 0.191. The molecule has 0 radical (unpaired) electrons. The summed E-state index contributed by atoms with van der Waals surface area (Å²) in [5.41, 5.74) is 0. The number of aromatic nitrogens is 4. The van der Waals surface area contributed by atoms with E-state index in [1.807, 2.05) is 0 Å². The number of H-pyrrole nitrogens is 1. The molecular weight excluding hydrogens is 100 g/mol. The van der Waals surface area contributed by atoms with E-state index in [0.717, 1.165) is 0 Å². The molecule has 0 saturated heterocycles. The van der Waals surface area contributed by atoms with Gasteiger partial charge in [-0.25, -0.2) is 0 Å². The number of nitrogens with one attached hydrogen (secondary N) is 1. The molecule has 0 unspecified atom stereocenters. The lowest BCUT2D eigenvalue weighted by Crippen LogP contribution is -1.84. The van der Waals surface area contributed by atoms with Crippen LogP contribution in [0.1, 0.15) is 0 Å². The SMILES string of the molecule is OOc1nn[nH]n1. The third-order valence-corrected chi connectivity index (χ3v) is 0.408. The minimum Gasteiger partial charge on any atom is -0.294 e. The molecule has 2 N–H and O–H groups in total. The first-order chi connectivity index (χ1) is 3.43. The van der Waals surface area contributed by atoms with E-state index in [4.69, 9.17) is 5.26 Å². The van der Waals surface area contributed by atoms with Crippen LogP contribution in [0.3, 0.4) is 0 Å². The summed E-state index contributed by atoms with van der Waals surface area (Å²) in [5, 5.41) is 19.3. The summed E-state index contributed by atoms with van der Waals surface area (Å²) >= 11 is 0. The number of tetrazole rings is 1. The summed E-state index contributed by atoms with van der Waals surface area (Å²) in [4.78, 5) is 3.54. The van der Waals surface area contributed by atoms with Gasteiger partial charge in [-0.15, -0.1) is 0 Å². The molecule has 0 bridgehead atoms. The van der Waals surface area contributed by atoms with Crippen LogP contribution in [0.5, 0.6) is 6.01 Å². The number of nitrogens with zero attached hydrogens (tertiary/aromatic N) is 3. The number of hydrogen-bond acceptors (Lipinski definition) is 5. The van der Waals surface area contributed by atoms with Crippen molar-refractivity contribution in [2.75, 3.05) is 0 Å². The number of hydrogen-bond donors (Lipinski definition) is 2. The largest absolute Gasteiger partial charge is 0.391 e. The maximum atomic E-state index is 7.74. The molecular formula is CH2N4O2. The van der Waals surface area contributed by atoms with Crippen LogP contribution in [-0.2, 0) is 0 Å². The molecule has 0 aliphatic heterocycles. The highest BCUT2D eigenvalue weighted by atomic mass is 17.1. The highest BCUT2D eigenvalue weighted by Crippen LogP contribution is 1.87. The van der Waals surface area contributed by atoms with Gasteiger partial charge in [-0.2, -0.15) is 10.5 Å². The molecule has 7 heavy (non-hydrogen) atoms. The molecule has 0 aromatic carbocycles. The molecule has 0 saturated carbocycles. The Balaban J connectivity index is 2.76. The predicted molar refractivity (Wildman–Crippen MR) is 17.4 cm³/mol. The van der Waals surface area contributed by atoms with Gasteiger partial charge in [-0.05, 0) is 5.21 Å². The van der Waals surface area contributed by atoms with Crippen LogP contribution in [0.15, 0.2) is 0 Å². The molecule has 0 amide bonds. The van der Waals surface area contributed by atoms with E-state index in [1.54, 1.807) is 0 Å². The highest BCUT2D eigenvalue weighted by Gasteiger charge is 1.91. The highest BCUT2D eigenvalue weighted by molar-refractivity contribution is 4.77. The molecule has 0 spiro atoms. The van der Waals surface area contributed by atoms with Crippen molar-refractivity contribution in [3.05, 3.63) is 0 Å². The van der Waals surface area contributed by atoms with Crippen LogP contribution >= 0.6 is 0 Å². The van der Waals surface area contributed by atoms with E-state index >= 15 is 0 Å². The zero-order valence-electron chi connectivity index (χ0n) is 3.20. The summed E-state index contributed by atoms with van der Waals surface area (Å²) in [7, 11) is 0. The van der Waals surface area contributed by atoms with E-state index < -0.39 is 0 Å². The van der Waals surface area contributed by atoms with Crippen molar-refractivity contribution in [1.82, 2.24) is 20.6 Å². The van der Waals surface area contributed by atoms with Gasteiger partial charge in [0.1, 0.15) is 0 Å². The van der Waals surface area contributed by atoms with Crippen LogP contribution in [0.2, 0.25) is 0 Å². The van der Waals surface area contributed by atoms with E-state index in [1.165, 1.54) is 0 Å². The van der Waals surface area contributed by atoms with Crippen molar-refractivity contribution in [3.8, 4) is 6.01 Å². The topological polar surface area (TPSA) is 83.9 Å². The quantitative estimate of drug-likeness (QED) is 0.353. The van der Waals surface area contributed by atoms with Gasteiger partial charge in [0.15, 0.2) is 0 Å². The molecule has 1 heterocycles. The second kappa shape index (κ2) is 1.52. The lowest BCUT2D eigenvalue weighted by atomic mass is 11.3. The zero-order valence-corrected chi connectivity index (χ0v) is 3.20. The fourth-order valence-corrected chi connectivity index (χ4v) is 0.191. The first-order valence-corrected chi connectivity index (χ1v) is 1.48. The first kappa shape index (κ1) is 4.00. The average molecular weight is 102 g/mol. The average Bonchev–Trinajstić information content (AvgIpc) is 2.14. The smallest absolute Gasteiger partial charge is 0.294 e. The number of rotatable bonds is 1. The predicted octanol–water partition coefficient (Wildman–Crippen LogP) is -0.949. The second-order valence-corrected chi connectivity index (χ2v) is 0.786. The third kappa shape index (κ3) is 0.631. The maximum Gasteiger partial charge on any atom is 0.391 e.